The average molecular weight is 182 g/mol. The molecule has 76 valence electrons. The van der Waals surface area contributed by atoms with Crippen LogP contribution in [0.5, 0.6) is 0 Å². The molecule has 1 saturated carbocycles. The van der Waals surface area contributed by atoms with Crippen LogP contribution in [0.4, 0.5) is 0 Å². The van der Waals surface area contributed by atoms with Crippen molar-refractivity contribution >= 4 is 0 Å². The van der Waals surface area contributed by atoms with Gasteiger partial charge in [-0.05, 0) is 51.5 Å². The lowest BCUT2D eigenvalue weighted by Gasteiger charge is -2.26. The average Bonchev–Trinajstić information content (AvgIpc) is 2.61. The van der Waals surface area contributed by atoms with Crippen LogP contribution in [0.25, 0.3) is 0 Å². The van der Waals surface area contributed by atoms with E-state index in [0.717, 1.165) is 6.04 Å². The van der Waals surface area contributed by atoms with Crippen LogP contribution in [0.2, 0.25) is 0 Å². The third-order valence-electron chi connectivity index (χ3n) is 3.94. The fourth-order valence-corrected chi connectivity index (χ4v) is 3.03. The molecule has 0 amide bonds. The Morgan fingerprint density at radius 1 is 1.38 bits per heavy atom. The molecule has 0 aromatic rings. The van der Waals surface area contributed by atoms with E-state index in [0.29, 0.717) is 11.5 Å². The Kier molecular flexibility index (Phi) is 2.37. The van der Waals surface area contributed by atoms with Crippen LogP contribution in [0, 0.1) is 5.41 Å². The molecule has 1 spiro atoms. The van der Waals surface area contributed by atoms with E-state index < -0.39 is 0 Å². The summed E-state index contributed by atoms with van der Waals surface area (Å²) in [7, 11) is 0. The molecule has 2 aliphatic rings. The van der Waals surface area contributed by atoms with Gasteiger partial charge in [-0.3, -0.25) is 0 Å². The number of rotatable bonds is 1. The summed E-state index contributed by atoms with van der Waals surface area (Å²) in [4.78, 5) is 2.61. The van der Waals surface area contributed by atoms with Crippen LogP contribution in [-0.2, 0) is 0 Å². The highest BCUT2D eigenvalue weighted by atomic mass is 15.2. The summed E-state index contributed by atoms with van der Waals surface area (Å²) in [6, 6.07) is 1.21. The number of hydrogen-bond acceptors (Lipinski definition) is 2. The highest BCUT2D eigenvalue weighted by Gasteiger charge is 2.43. The molecule has 1 saturated heterocycles. The third-order valence-corrected chi connectivity index (χ3v) is 3.94. The first-order valence-electron chi connectivity index (χ1n) is 5.61. The van der Waals surface area contributed by atoms with Crippen LogP contribution >= 0.6 is 0 Å². The summed E-state index contributed by atoms with van der Waals surface area (Å²) < 4.78 is 0. The molecule has 2 heteroatoms. The molecule has 2 rings (SSSR count). The number of hydrogen-bond donors (Lipinski definition) is 1. The molecule has 1 heterocycles. The van der Waals surface area contributed by atoms with Gasteiger partial charge in [-0.25, -0.2) is 0 Å². The molecule has 13 heavy (non-hydrogen) atoms. The van der Waals surface area contributed by atoms with E-state index in [1.54, 1.807) is 0 Å². The van der Waals surface area contributed by atoms with E-state index in [1.807, 2.05) is 0 Å². The Balaban J connectivity index is 1.97. The first-order chi connectivity index (χ1) is 6.11. The van der Waals surface area contributed by atoms with Gasteiger partial charge >= 0.3 is 0 Å². The monoisotopic (exact) mass is 182 g/mol. The van der Waals surface area contributed by atoms with E-state index in [9.17, 15) is 0 Å². The minimum absolute atomic E-state index is 0.493. The zero-order chi connectivity index (χ0) is 9.47. The van der Waals surface area contributed by atoms with Crippen LogP contribution in [0.1, 0.15) is 39.5 Å². The summed E-state index contributed by atoms with van der Waals surface area (Å²) in [5.41, 5.74) is 6.61. The van der Waals surface area contributed by atoms with Gasteiger partial charge in [0.25, 0.3) is 0 Å². The maximum absolute atomic E-state index is 5.99. The van der Waals surface area contributed by atoms with Crippen LogP contribution in [0.15, 0.2) is 0 Å². The first kappa shape index (κ1) is 9.47. The van der Waals surface area contributed by atoms with Gasteiger partial charge < -0.3 is 10.6 Å². The Hall–Kier alpha value is -0.0800. The summed E-state index contributed by atoms with van der Waals surface area (Å²) in [5.74, 6) is 0. The quantitative estimate of drug-likeness (QED) is 0.667. The number of likely N-dealkylation sites (tertiary alicyclic amines) is 1. The minimum Gasteiger partial charge on any atom is -0.328 e. The summed E-state index contributed by atoms with van der Waals surface area (Å²) >= 11 is 0. The van der Waals surface area contributed by atoms with Crippen LogP contribution in [0.3, 0.4) is 0 Å². The lowest BCUT2D eigenvalue weighted by molar-refractivity contribution is 0.224. The Morgan fingerprint density at radius 2 is 2.15 bits per heavy atom. The van der Waals surface area contributed by atoms with E-state index in [1.165, 1.54) is 38.8 Å². The molecule has 0 aromatic heterocycles. The van der Waals surface area contributed by atoms with Crippen molar-refractivity contribution in [2.45, 2.75) is 51.6 Å². The molecule has 2 fully saturated rings. The van der Waals surface area contributed by atoms with Gasteiger partial charge in [0.1, 0.15) is 0 Å². The molecule has 0 radical (unpaired) electrons. The fourth-order valence-electron chi connectivity index (χ4n) is 3.03. The smallest absolute Gasteiger partial charge is 0.00448 e. The molecule has 0 aromatic carbocycles. The fraction of sp³-hybridized carbons (Fsp3) is 1.00. The van der Waals surface area contributed by atoms with Crippen molar-refractivity contribution in [2.75, 3.05) is 13.1 Å². The van der Waals surface area contributed by atoms with Gasteiger partial charge in [0.05, 0.1) is 0 Å². The highest BCUT2D eigenvalue weighted by molar-refractivity contribution is 4.97. The van der Waals surface area contributed by atoms with E-state index in [4.69, 9.17) is 5.73 Å². The number of nitrogens with zero attached hydrogens (tertiary/aromatic N) is 1. The Labute approximate surface area is 81.5 Å². The van der Waals surface area contributed by atoms with Gasteiger partial charge in [0, 0.05) is 18.6 Å². The molecule has 2 N–H and O–H groups in total. The molecular formula is C11H22N2. The molecule has 1 aliphatic carbocycles. The standard InChI is InChI=1S/C11H22N2/c1-9(2)13-6-5-11(8-13)4-3-10(12)7-11/h9-10H,3-8,12H2,1-2H3/t10-,11-/m1/s1. The van der Waals surface area contributed by atoms with Gasteiger partial charge in [-0.1, -0.05) is 0 Å². The van der Waals surface area contributed by atoms with Crippen molar-refractivity contribution in [1.82, 2.24) is 4.90 Å². The second-order valence-electron chi connectivity index (χ2n) is 5.32. The molecular weight excluding hydrogens is 160 g/mol. The Morgan fingerprint density at radius 3 is 2.62 bits per heavy atom. The summed E-state index contributed by atoms with van der Waals surface area (Å²) in [6.07, 6.45) is 5.29. The topological polar surface area (TPSA) is 29.3 Å². The summed E-state index contributed by atoms with van der Waals surface area (Å²) in [5, 5.41) is 0. The van der Waals surface area contributed by atoms with Crippen molar-refractivity contribution in [3.8, 4) is 0 Å². The lowest BCUT2D eigenvalue weighted by Crippen LogP contribution is -2.31. The van der Waals surface area contributed by atoms with E-state index >= 15 is 0 Å². The zero-order valence-corrected chi connectivity index (χ0v) is 8.92. The second-order valence-corrected chi connectivity index (χ2v) is 5.32. The van der Waals surface area contributed by atoms with Gasteiger partial charge in [0.2, 0.25) is 0 Å². The van der Waals surface area contributed by atoms with Gasteiger partial charge in [0.15, 0.2) is 0 Å². The first-order valence-corrected chi connectivity index (χ1v) is 5.61. The van der Waals surface area contributed by atoms with Crippen molar-refractivity contribution in [3.05, 3.63) is 0 Å². The maximum atomic E-state index is 5.99. The normalized spacial score (nSPS) is 41.1. The van der Waals surface area contributed by atoms with Crippen LogP contribution in [-0.4, -0.2) is 30.1 Å². The number of nitrogens with two attached hydrogens (primary N) is 1. The van der Waals surface area contributed by atoms with Gasteiger partial charge in [-0.2, -0.15) is 0 Å². The summed E-state index contributed by atoms with van der Waals surface area (Å²) in [6.45, 7) is 7.20. The van der Waals surface area contributed by atoms with Crippen LogP contribution < -0.4 is 5.73 Å². The molecule has 2 atom stereocenters. The maximum Gasteiger partial charge on any atom is 0.00448 e. The lowest BCUT2D eigenvalue weighted by atomic mass is 9.85. The molecule has 0 bridgehead atoms. The zero-order valence-electron chi connectivity index (χ0n) is 8.92. The SMILES string of the molecule is CC(C)N1CC[C@@]2(CC[C@@H](N)C2)C1. The van der Waals surface area contributed by atoms with Crippen molar-refractivity contribution in [2.24, 2.45) is 11.1 Å². The third kappa shape index (κ3) is 1.75. The molecule has 0 unspecified atom stereocenters. The largest absolute Gasteiger partial charge is 0.328 e. The van der Waals surface area contributed by atoms with Crippen molar-refractivity contribution in [1.29, 1.82) is 0 Å². The molecule has 1 aliphatic heterocycles. The highest BCUT2D eigenvalue weighted by Crippen LogP contribution is 2.45. The second kappa shape index (κ2) is 3.25. The Bertz CT molecular complexity index is 191. The van der Waals surface area contributed by atoms with E-state index in [2.05, 4.69) is 18.7 Å². The van der Waals surface area contributed by atoms with E-state index in [-0.39, 0.29) is 0 Å². The van der Waals surface area contributed by atoms with Crippen molar-refractivity contribution in [3.63, 3.8) is 0 Å². The van der Waals surface area contributed by atoms with Gasteiger partial charge in [-0.15, -0.1) is 0 Å². The van der Waals surface area contributed by atoms with Crippen molar-refractivity contribution < 1.29 is 0 Å². The predicted octanol–water partition coefficient (Wildman–Crippen LogP) is 1.60. The predicted molar refractivity (Wildman–Crippen MR) is 55.6 cm³/mol. The molecule has 2 nitrogen and oxygen atoms in total. The minimum atomic E-state index is 0.493.